The van der Waals surface area contributed by atoms with Crippen LogP contribution in [0.4, 0.5) is 0 Å². The Bertz CT molecular complexity index is 471. The number of aromatic carboxylic acids is 1. The van der Waals surface area contributed by atoms with Gasteiger partial charge in [0.25, 0.3) is 0 Å². The summed E-state index contributed by atoms with van der Waals surface area (Å²) in [5, 5.41) is 9.87. The maximum Gasteiger partial charge on any atom is 0.335 e. The highest BCUT2D eigenvalue weighted by molar-refractivity contribution is 7.19. The van der Waals surface area contributed by atoms with Crippen molar-refractivity contribution in [1.82, 2.24) is 0 Å². The second kappa shape index (κ2) is 2.85. The lowest BCUT2D eigenvalue weighted by Gasteiger charge is -1.92. The lowest BCUT2D eigenvalue weighted by Crippen LogP contribution is -1.94. The van der Waals surface area contributed by atoms with Crippen LogP contribution < -0.4 is 0 Å². The summed E-state index contributed by atoms with van der Waals surface area (Å²) < 4.78 is 1.04. The zero-order chi connectivity index (χ0) is 9.42. The Morgan fingerprint density at radius 3 is 2.85 bits per heavy atom. The van der Waals surface area contributed by atoms with Gasteiger partial charge in [-0.3, -0.25) is 0 Å². The van der Waals surface area contributed by atoms with Crippen LogP contribution in [0.15, 0.2) is 24.3 Å². The highest BCUT2D eigenvalue weighted by Crippen LogP contribution is 2.25. The Kier molecular flexibility index (Phi) is 1.81. The Labute approximate surface area is 79.4 Å². The molecule has 1 N–H and O–H groups in total. The van der Waals surface area contributed by atoms with Gasteiger partial charge in [-0.15, -0.1) is 11.3 Å². The number of hydrogen-bond acceptors (Lipinski definition) is 2. The molecule has 0 unspecified atom stereocenters. The molecule has 2 rings (SSSR count). The fourth-order valence-corrected chi connectivity index (χ4v) is 2.26. The average Bonchev–Trinajstić information content (AvgIpc) is 2.42. The SMILES string of the molecule is Cc1cc2ccc(C(=O)O)cc2s1. The van der Waals surface area contributed by atoms with Gasteiger partial charge in [-0.1, -0.05) is 6.07 Å². The summed E-state index contributed by atoms with van der Waals surface area (Å²) in [5.41, 5.74) is 0.356. The summed E-state index contributed by atoms with van der Waals surface area (Å²) >= 11 is 1.62. The van der Waals surface area contributed by atoms with E-state index in [2.05, 4.69) is 6.07 Å². The molecule has 2 nitrogen and oxygen atoms in total. The average molecular weight is 192 g/mol. The molecule has 1 aromatic carbocycles. The molecule has 0 fully saturated rings. The first kappa shape index (κ1) is 8.26. The van der Waals surface area contributed by atoms with E-state index < -0.39 is 5.97 Å². The maximum atomic E-state index is 10.7. The number of carboxylic acids is 1. The summed E-state index contributed by atoms with van der Waals surface area (Å²) in [6.45, 7) is 2.02. The van der Waals surface area contributed by atoms with Crippen molar-refractivity contribution >= 4 is 27.4 Å². The molecule has 66 valence electrons. The van der Waals surface area contributed by atoms with Crippen molar-refractivity contribution in [3.8, 4) is 0 Å². The van der Waals surface area contributed by atoms with E-state index in [1.807, 2.05) is 13.0 Å². The zero-order valence-corrected chi connectivity index (χ0v) is 7.89. The first-order valence-corrected chi connectivity index (χ1v) is 4.72. The van der Waals surface area contributed by atoms with Gasteiger partial charge >= 0.3 is 5.97 Å². The molecule has 0 amide bonds. The Balaban J connectivity index is 2.67. The number of hydrogen-bond donors (Lipinski definition) is 1. The molecular weight excluding hydrogens is 184 g/mol. The van der Waals surface area contributed by atoms with Crippen LogP contribution in [-0.4, -0.2) is 11.1 Å². The molecule has 0 saturated carbocycles. The van der Waals surface area contributed by atoms with E-state index in [0.717, 1.165) is 10.1 Å². The summed E-state index contributed by atoms with van der Waals surface area (Å²) in [6.07, 6.45) is 0. The number of carbonyl (C=O) groups is 1. The summed E-state index contributed by atoms with van der Waals surface area (Å²) in [6, 6.07) is 7.26. The van der Waals surface area contributed by atoms with Crippen LogP contribution in [0.1, 0.15) is 15.2 Å². The highest BCUT2D eigenvalue weighted by atomic mass is 32.1. The van der Waals surface area contributed by atoms with Crippen molar-refractivity contribution in [2.75, 3.05) is 0 Å². The Hall–Kier alpha value is -1.35. The maximum absolute atomic E-state index is 10.7. The van der Waals surface area contributed by atoms with Gasteiger partial charge in [0.05, 0.1) is 5.56 Å². The second-order valence-corrected chi connectivity index (χ2v) is 4.20. The fourth-order valence-electron chi connectivity index (χ4n) is 1.30. The summed E-state index contributed by atoms with van der Waals surface area (Å²) in [7, 11) is 0. The molecule has 13 heavy (non-hydrogen) atoms. The molecule has 1 aromatic heterocycles. The van der Waals surface area contributed by atoms with Crippen LogP contribution in [0.2, 0.25) is 0 Å². The monoisotopic (exact) mass is 192 g/mol. The van der Waals surface area contributed by atoms with Crippen molar-refractivity contribution in [2.24, 2.45) is 0 Å². The van der Waals surface area contributed by atoms with Crippen LogP contribution in [0.3, 0.4) is 0 Å². The van der Waals surface area contributed by atoms with E-state index in [4.69, 9.17) is 5.11 Å². The van der Waals surface area contributed by atoms with E-state index >= 15 is 0 Å². The lowest BCUT2D eigenvalue weighted by molar-refractivity contribution is 0.0697. The zero-order valence-electron chi connectivity index (χ0n) is 7.07. The van der Waals surface area contributed by atoms with E-state index in [1.165, 1.54) is 4.88 Å². The Morgan fingerprint density at radius 1 is 1.38 bits per heavy atom. The van der Waals surface area contributed by atoms with Gasteiger partial charge in [-0.25, -0.2) is 4.79 Å². The molecule has 0 radical (unpaired) electrons. The number of rotatable bonds is 1. The smallest absolute Gasteiger partial charge is 0.335 e. The van der Waals surface area contributed by atoms with Crippen molar-refractivity contribution in [3.05, 3.63) is 34.7 Å². The molecule has 0 aliphatic rings. The normalized spacial score (nSPS) is 10.5. The minimum absolute atomic E-state index is 0.356. The van der Waals surface area contributed by atoms with Gasteiger partial charge < -0.3 is 5.11 Å². The van der Waals surface area contributed by atoms with Gasteiger partial charge in [-0.2, -0.15) is 0 Å². The first-order chi connectivity index (χ1) is 6.16. The predicted molar refractivity (Wildman–Crippen MR) is 53.5 cm³/mol. The molecule has 0 saturated heterocycles. The van der Waals surface area contributed by atoms with E-state index in [9.17, 15) is 4.79 Å². The largest absolute Gasteiger partial charge is 0.478 e. The van der Waals surface area contributed by atoms with Crippen molar-refractivity contribution < 1.29 is 9.90 Å². The number of aryl methyl sites for hydroxylation is 1. The van der Waals surface area contributed by atoms with Crippen LogP contribution in [0.5, 0.6) is 0 Å². The first-order valence-electron chi connectivity index (χ1n) is 3.90. The summed E-state index contributed by atoms with van der Waals surface area (Å²) in [5.74, 6) is -0.868. The third-order valence-electron chi connectivity index (χ3n) is 1.89. The molecule has 0 aliphatic carbocycles. The van der Waals surface area contributed by atoms with Gasteiger partial charge in [0.1, 0.15) is 0 Å². The van der Waals surface area contributed by atoms with E-state index in [0.29, 0.717) is 5.56 Å². The van der Waals surface area contributed by atoms with Crippen molar-refractivity contribution in [3.63, 3.8) is 0 Å². The number of carboxylic acid groups (broad SMARTS) is 1. The quantitative estimate of drug-likeness (QED) is 0.754. The van der Waals surface area contributed by atoms with E-state index in [1.54, 1.807) is 23.5 Å². The van der Waals surface area contributed by atoms with Gasteiger partial charge in [0.15, 0.2) is 0 Å². The summed E-state index contributed by atoms with van der Waals surface area (Å²) in [4.78, 5) is 11.9. The van der Waals surface area contributed by atoms with E-state index in [-0.39, 0.29) is 0 Å². The van der Waals surface area contributed by atoms with Crippen LogP contribution in [-0.2, 0) is 0 Å². The second-order valence-electron chi connectivity index (χ2n) is 2.91. The molecule has 1 heterocycles. The minimum atomic E-state index is -0.868. The third-order valence-corrected chi connectivity index (χ3v) is 2.90. The molecule has 0 spiro atoms. The Morgan fingerprint density at radius 2 is 2.15 bits per heavy atom. The van der Waals surface area contributed by atoms with Crippen molar-refractivity contribution in [2.45, 2.75) is 6.92 Å². The van der Waals surface area contributed by atoms with Gasteiger partial charge in [-0.05, 0) is 30.5 Å². The fraction of sp³-hybridized carbons (Fsp3) is 0.100. The number of thiophene rings is 1. The third kappa shape index (κ3) is 1.42. The molecule has 0 bridgehead atoms. The van der Waals surface area contributed by atoms with Crippen LogP contribution >= 0.6 is 11.3 Å². The highest BCUT2D eigenvalue weighted by Gasteiger charge is 2.04. The molecule has 3 heteroatoms. The number of fused-ring (bicyclic) bond motifs is 1. The van der Waals surface area contributed by atoms with Gasteiger partial charge in [0, 0.05) is 9.58 Å². The molecule has 2 aromatic rings. The molecule has 0 atom stereocenters. The van der Waals surface area contributed by atoms with Gasteiger partial charge in [0.2, 0.25) is 0 Å². The molecular formula is C10H8O2S. The standard InChI is InChI=1S/C10H8O2S/c1-6-4-7-2-3-8(10(11)12)5-9(7)13-6/h2-5H,1H3,(H,11,12). The molecule has 0 aliphatic heterocycles. The lowest BCUT2D eigenvalue weighted by atomic mass is 10.2. The van der Waals surface area contributed by atoms with Crippen LogP contribution in [0, 0.1) is 6.92 Å². The minimum Gasteiger partial charge on any atom is -0.478 e. The topological polar surface area (TPSA) is 37.3 Å². The van der Waals surface area contributed by atoms with Crippen LogP contribution in [0.25, 0.3) is 10.1 Å². The number of benzene rings is 1. The van der Waals surface area contributed by atoms with Crippen molar-refractivity contribution in [1.29, 1.82) is 0 Å². The predicted octanol–water partition coefficient (Wildman–Crippen LogP) is 2.91.